The van der Waals surface area contributed by atoms with Crippen LogP contribution in [0.25, 0.3) is 0 Å². The van der Waals surface area contributed by atoms with Gasteiger partial charge in [-0.3, -0.25) is 0 Å². The van der Waals surface area contributed by atoms with Crippen LogP contribution in [0.5, 0.6) is 0 Å². The Morgan fingerprint density at radius 2 is 2.10 bits per heavy atom. The Balaban J connectivity index is 2.37. The summed E-state index contributed by atoms with van der Waals surface area (Å²) in [5.41, 5.74) is 7.45. The molecule has 1 aliphatic heterocycles. The van der Waals surface area contributed by atoms with Crippen LogP contribution in [-0.2, 0) is 16.6 Å². The molecule has 0 spiro atoms. The number of benzene rings is 1. The van der Waals surface area contributed by atoms with Crippen molar-refractivity contribution in [3.05, 3.63) is 29.3 Å². The van der Waals surface area contributed by atoms with E-state index in [1.165, 1.54) is 4.31 Å². The van der Waals surface area contributed by atoms with Gasteiger partial charge in [0.25, 0.3) is 0 Å². The number of sulfonamides is 1. The standard InChI is InChI=1S/C15H24N2O3S/c1-12-9-15(7-6-13(12)10-16)21(19,20)17-8-4-2-3-5-14(17)11-18/h6-7,9,14,18H,2-5,8,10-11,16H2,1H3. The predicted octanol–water partition coefficient (Wildman–Crippen LogP) is 1.38. The summed E-state index contributed by atoms with van der Waals surface area (Å²) in [7, 11) is -3.56. The van der Waals surface area contributed by atoms with Crippen LogP contribution in [0.3, 0.4) is 0 Å². The summed E-state index contributed by atoms with van der Waals surface area (Å²) in [4.78, 5) is 0.289. The molecule has 1 aromatic rings. The molecule has 2 rings (SSSR count). The first kappa shape index (κ1) is 16.4. The zero-order valence-electron chi connectivity index (χ0n) is 12.5. The number of aryl methyl sites for hydroxylation is 1. The Kier molecular flexibility index (Phi) is 5.37. The Hall–Kier alpha value is -0.950. The van der Waals surface area contributed by atoms with Gasteiger partial charge in [-0.2, -0.15) is 4.31 Å². The fraction of sp³-hybridized carbons (Fsp3) is 0.600. The fourth-order valence-electron chi connectivity index (χ4n) is 2.84. The highest BCUT2D eigenvalue weighted by Crippen LogP contribution is 2.25. The van der Waals surface area contributed by atoms with Crippen molar-refractivity contribution in [1.82, 2.24) is 4.31 Å². The molecule has 118 valence electrons. The third-order valence-corrected chi connectivity index (χ3v) is 6.12. The molecule has 1 unspecified atom stereocenters. The molecule has 5 nitrogen and oxygen atoms in total. The van der Waals surface area contributed by atoms with E-state index >= 15 is 0 Å². The lowest BCUT2D eigenvalue weighted by Crippen LogP contribution is -2.42. The molecule has 21 heavy (non-hydrogen) atoms. The lowest BCUT2D eigenvalue weighted by atomic mass is 10.1. The molecule has 1 heterocycles. The van der Waals surface area contributed by atoms with E-state index in [4.69, 9.17) is 5.73 Å². The highest BCUT2D eigenvalue weighted by Gasteiger charge is 2.32. The van der Waals surface area contributed by atoms with Crippen LogP contribution >= 0.6 is 0 Å². The minimum absolute atomic E-state index is 0.126. The zero-order valence-corrected chi connectivity index (χ0v) is 13.3. The van der Waals surface area contributed by atoms with Crippen LogP contribution in [0, 0.1) is 6.92 Å². The summed E-state index contributed by atoms with van der Waals surface area (Å²) in [6.07, 6.45) is 3.53. The van der Waals surface area contributed by atoms with Gasteiger partial charge < -0.3 is 10.8 Å². The topological polar surface area (TPSA) is 83.6 Å². The Bertz CT molecular complexity index is 587. The van der Waals surface area contributed by atoms with Gasteiger partial charge in [0.15, 0.2) is 0 Å². The van der Waals surface area contributed by atoms with Crippen molar-refractivity contribution in [1.29, 1.82) is 0 Å². The molecule has 1 aromatic carbocycles. The Morgan fingerprint density at radius 1 is 1.33 bits per heavy atom. The number of hydrogen-bond donors (Lipinski definition) is 2. The summed E-state index contributed by atoms with van der Waals surface area (Å²) in [5.74, 6) is 0. The molecule has 3 N–H and O–H groups in total. The Labute approximate surface area is 126 Å². The third kappa shape index (κ3) is 3.45. The van der Waals surface area contributed by atoms with Crippen LogP contribution < -0.4 is 5.73 Å². The zero-order chi connectivity index (χ0) is 15.5. The van der Waals surface area contributed by atoms with Crippen molar-refractivity contribution in [3.63, 3.8) is 0 Å². The van der Waals surface area contributed by atoms with Gasteiger partial charge in [-0.25, -0.2) is 8.42 Å². The maximum Gasteiger partial charge on any atom is 0.243 e. The third-order valence-electron chi connectivity index (χ3n) is 4.17. The van der Waals surface area contributed by atoms with E-state index in [0.717, 1.165) is 36.8 Å². The Morgan fingerprint density at radius 3 is 2.71 bits per heavy atom. The number of hydrogen-bond acceptors (Lipinski definition) is 4. The van der Waals surface area contributed by atoms with E-state index in [-0.39, 0.29) is 17.5 Å². The second-order valence-electron chi connectivity index (χ2n) is 5.59. The van der Waals surface area contributed by atoms with Gasteiger partial charge in [-0.05, 0) is 43.0 Å². The largest absolute Gasteiger partial charge is 0.395 e. The molecule has 6 heteroatoms. The highest BCUT2D eigenvalue weighted by atomic mass is 32.2. The van der Waals surface area contributed by atoms with Crippen LogP contribution in [-0.4, -0.2) is 37.0 Å². The van der Waals surface area contributed by atoms with Gasteiger partial charge in [0.05, 0.1) is 11.5 Å². The molecular formula is C15H24N2O3S. The van der Waals surface area contributed by atoms with Crippen LogP contribution in [0.2, 0.25) is 0 Å². The van der Waals surface area contributed by atoms with Gasteiger partial charge in [0, 0.05) is 19.1 Å². The normalized spacial score (nSPS) is 21.2. The molecule has 0 amide bonds. The van der Waals surface area contributed by atoms with Gasteiger partial charge in [-0.1, -0.05) is 18.9 Å². The van der Waals surface area contributed by atoms with E-state index < -0.39 is 10.0 Å². The van der Waals surface area contributed by atoms with Crippen molar-refractivity contribution in [2.45, 2.75) is 50.1 Å². The first-order valence-corrected chi connectivity index (χ1v) is 8.87. The quantitative estimate of drug-likeness (QED) is 0.880. The molecule has 0 radical (unpaired) electrons. The van der Waals surface area contributed by atoms with Crippen molar-refractivity contribution >= 4 is 10.0 Å². The van der Waals surface area contributed by atoms with Crippen LogP contribution in [0.1, 0.15) is 36.8 Å². The summed E-state index contributed by atoms with van der Waals surface area (Å²) in [5, 5.41) is 9.51. The van der Waals surface area contributed by atoms with E-state index in [9.17, 15) is 13.5 Å². The fourth-order valence-corrected chi connectivity index (χ4v) is 4.61. The summed E-state index contributed by atoms with van der Waals surface area (Å²) < 4.78 is 27.2. The van der Waals surface area contributed by atoms with Gasteiger partial charge in [0.1, 0.15) is 0 Å². The molecule has 1 saturated heterocycles. The van der Waals surface area contributed by atoms with Gasteiger partial charge in [-0.15, -0.1) is 0 Å². The van der Waals surface area contributed by atoms with Crippen molar-refractivity contribution < 1.29 is 13.5 Å². The predicted molar refractivity (Wildman–Crippen MR) is 82.3 cm³/mol. The molecule has 0 saturated carbocycles. The number of nitrogens with zero attached hydrogens (tertiary/aromatic N) is 1. The molecule has 1 fully saturated rings. The lowest BCUT2D eigenvalue weighted by molar-refractivity contribution is 0.186. The smallest absolute Gasteiger partial charge is 0.243 e. The minimum atomic E-state index is -3.56. The second kappa shape index (κ2) is 6.87. The first-order valence-electron chi connectivity index (χ1n) is 7.43. The monoisotopic (exact) mass is 312 g/mol. The SMILES string of the molecule is Cc1cc(S(=O)(=O)N2CCCCCC2CO)ccc1CN. The maximum absolute atomic E-state index is 12.8. The summed E-state index contributed by atoms with van der Waals surface area (Å²) in [6.45, 7) is 2.62. The minimum Gasteiger partial charge on any atom is -0.395 e. The second-order valence-corrected chi connectivity index (χ2v) is 7.48. The maximum atomic E-state index is 12.8. The van der Waals surface area contributed by atoms with E-state index in [0.29, 0.717) is 13.1 Å². The highest BCUT2D eigenvalue weighted by molar-refractivity contribution is 7.89. The number of rotatable bonds is 4. The number of aliphatic hydroxyl groups excluding tert-OH is 1. The lowest BCUT2D eigenvalue weighted by Gasteiger charge is -2.28. The van der Waals surface area contributed by atoms with Crippen molar-refractivity contribution in [2.75, 3.05) is 13.2 Å². The van der Waals surface area contributed by atoms with Crippen LogP contribution in [0.4, 0.5) is 0 Å². The van der Waals surface area contributed by atoms with Crippen molar-refractivity contribution in [2.24, 2.45) is 5.73 Å². The summed E-state index contributed by atoms with van der Waals surface area (Å²) >= 11 is 0. The molecule has 1 aliphatic rings. The molecule has 1 atom stereocenters. The molecule has 0 aliphatic carbocycles. The molecular weight excluding hydrogens is 288 g/mol. The molecule has 0 bridgehead atoms. The number of nitrogens with two attached hydrogens (primary N) is 1. The van der Waals surface area contributed by atoms with E-state index in [1.807, 2.05) is 6.92 Å². The van der Waals surface area contributed by atoms with Gasteiger partial charge in [0.2, 0.25) is 10.0 Å². The van der Waals surface area contributed by atoms with Gasteiger partial charge >= 0.3 is 0 Å². The molecule has 0 aromatic heterocycles. The van der Waals surface area contributed by atoms with E-state index in [2.05, 4.69) is 0 Å². The summed E-state index contributed by atoms with van der Waals surface area (Å²) in [6, 6.07) is 4.75. The number of aliphatic hydroxyl groups is 1. The first-order chi connectivity index (χ1) is 10.0. The van der Waals surface area contributed by atoms with Crippen LogP contribution in [0.15, 0.2) is 23.1 Å². The average molecular weight is 312 g/mol. The van der Waals surface area contributed by atoms with Crippen molar-refractivity contribution in [3.8, 4) is 0 Å². The average Bonchev–Trinajstić information content (AvgIpc) is 2.72. The van der Waals surface area contributed by atoms with E-state index in [1.54, 1.807) is 18.2 Å².